The second-order valence-corrected chi connectivity index (χ2v) is 5.93. The quantitative estimate of drug-likeness (QED) is 0.558. The molecule has 102 valence electrons. The van der Waals surface area contributed by atoms with Crippen LogP contribution >= 0.6 is 31.9 Å². The van der Waals surface area contributed by atoms with Gasteiger partial charge in [-0.25, -0.2) is 0 Å². The number of halogens is 2. The molecule has 2 rings (SSSR count). The van der Waals surface area contributed by atoms with Crippen molar-refractivity contribution in [2.24, 2.45) is 0 Å². The van der Waals surface area contributed by atoms with E-state index in [0.29, 0.717) is 19.9 Å². The lowest BCUT2D eigenvalue weighted by Gasteiger charge is -2.09. The zero-order chi connectivity index (χ0) is 14.9. The standard InChI is InChI=1S/C12H10B2Br2O4/c15-11-5-7(1-3-9(11)13(17)18)8-2-4-10(14(19)20)12(16)6-8/h1-6,17-20H. The number of hydrogen-bond acceptors (Lipinski definition) is 4. The van der Waals surface area contributed by atoms with E-state index in [-0.39, 0.29) is 0 Å². The molecule has 0 saturated heterocycles. The van der Waals surface area contributed by atoms with Gasteiger partial charge < -0.3 is 20.1 Å². The van der Waals surface area contributed by atoms with Crippen LogP contribution in [0.3, 0.4) is 0 Å². The zero-order valence-electron chi connectivity index (χ0n) is 10.2. The van der Waals surface area contributed by atoms with Crippen molar-refractivity contribution in [1.29, 1.82) is 0 Å². The van der Waals surface area contributed by atoms with Crippen molar-refractivity contribution in [2.75, 3.05) is 0 Å². The van der Waals surface area contributed by atoms with E-state index in [1.165, 1.54) is 0 Å². The van der Waals surface area contributed by atoms with Crippen molar-refractivity contribution in [2.45, 2.75) is 0 Å². The van der Waals surface area contributed by atoms with E-state index in [9.17, 15) is 20.1 Å². The van der Waals surface area contributed by atoms with Gasteiger partial charge in [-0.3, -0.25) is 0 Å². The first-order chi connectivity index (χ1) is 9.40. The van der Waals surface area contributed by atoms with Gasteiger partial charge in [-0.05, 0) is 34.2 Å². The average molecular weight is 400 g/mol. The van der Waals surface area contributed by atoms with Gasteiger partial charge >= 0.3 is 14.2 Å². The third kappa shape index (κ3) is 3.33. The van der Waals surface area contributed by atoms with Crippen LogP contribution in [-0.4, -0.2) is 34.3 Å². The Labute approximate surface area is 133 Å². The first-order valence-electron chi connectivity index (χ1n) is 5.71. The maximum Gasteiger partial charge on any atom is 0.489 e. The molecule has 0 aliphatic heterocycles. The molecule has 0 bridgehead atoms. The van der Waals surface area contributed by atoms with Gasteiger partial charge in [0.25, 0.3) is 0 Å². The van der Waals surface area contributed by atoms with Crippen LogP contribution in [0, 0.1) is 0 Å². The maximum absolute atomic E-state index is 9.17. The minimum absolute atomic E-state index is 0.384. The Hall–Kier alpha value is -0.630. The van der Waals surface area contributed by atoms with Crippen LogP contribution in [0.25, 0.3) is 11.1 Å². The minimum atomic E-state index is -1.53. The molecule has 0 heterocycles. The fraction of sp³-hybridized carbons (Fsp3) is 0. The highest BCUT2D eigenvalue weighted by atomic mass is 79.9. The average Bonchev–Trinajstić information content (AvgIpc) is 2.37. The van der Waals surface area contributed by atoms with Crippen molar-refractivity contribution in [3.05, 3.63) is 45.3 Å². The SMILES string of the molecule is OB(O)c1ccc(-c2ccc(B(O)O)c(Br)c2)cc1Br. The highest BCUT2D eigenvalue weighted by molar-refractivity contribution is 9.11. The third-order valence-electron chi connectivity index (χ3n) is 2.89. The molecular weight excluding hydrogens is 390 g/mol. The fourth-order valence-electron chi connectivity index (χ4n) is 1.83. The summed E-state index contributed by atoms with van der Waals surface area (Å²) < 4.78 is 1.18. The van der Waals surface area contributed by atoms with Gasteiger partial charge in [-0.2, -0.15) is 0 Å². The second kappa shape index (κ2) is 6.43. The van der Waals surface area contributed by atoms with Gasteiger partial charge in [0.05, 0.1) is 0 Å². The number of rotatable bonds is 3. The lowest BCUT2D eigenvalue weighted by molar-refractivity contribution is 0.424. The molecule has 0 atom stereocenters. The Morgan fingerprint density at radius 1 is 0.650 bits per heavy atom. The Morgan fingerprint density at radius 3 is 1.25 bits per heavy atom. The largest absolute Gasteiger partial charge is 0.489 e. The molecule has 0 spiro atoms. The van der Waals surface area contributed by atoms with Crippen LogP contribution in [-0.2, 0) is 0 Å². The molecular formula is C12H10B2Br2O4. The molecule has 0 aliphatic carbocycles. The maximum atomic E-state index is 9.17. The van der Waals surface area contributed by atoms with E-state index in [1.807, 2.05) is 0 Å². The molecule has 0 unspecified atom stereocenters. The highest BCUT2D eigenvalue weighted by Gasteiger charge is 2.17. The Kier molecular flexibility index (Phi) is 5.06. The van der Waals surface area contributed by atoms with Crippen LogP contribution in [0.2, 0.25) is 0 Å². The molecule has 0 saturated carbocycles. The van der Waals surface area contributed by atoms with Gasteiger partial charge in [0.2, 0.25) is 0 Å². The third-order valence-corrected chi connectivity index (χ3v) is 4.26. The topological polar surface area (TPSA) is 80.9 Å². The summed E-state index contributed by atoms with van der Waals surface area (Å²) in [5.41, 5.74) is 2.49. The van der Waals surface area contributed by atoms with Crippen molar-refractivity contribution >= 4 is 57.0 Å². The monoisotopic (exact) mass is 398 g/mol. The van der Waals surface area contributed by atoms with Crippen molar-refractivity contribution in [1.82, 2.24) is 0 Å². The molecule has 20 heavy (non-hydrogen) atoms. The summed E-state index contributed by atoms with van der Waals surface area (Å²) in [7, 11) is -3.06. The molecule has 8 heteroatoms. The summed E-state index contributed by atoms with van der Waals surface area (Å²) in [5.74, 6) is 0. The van der Waals surface area contributed by atoms with Gasteiger partial charge in [-0.1, -0.05) is 56.1 Å². The molecule has 4 nitrogen and oxygen atoms in total. The Morgan fingerprint density at radius 2 is 1.00 bits per heavy atom. The molecule has 0 amide bonds. The van der Waals surface area contributed by atoms with Crippen molar-refractivity contribution in [3.8, 4) is 11.1 Å². The first-order valence-corrected chi connectivity index (χ1v) is 7.30. The van der Waals surface area contributed by atoms with E-state index in [2.05, 4.69) is 31.9 Å². The molecule has 2 aromatic rings. The molecule has 2 aromatic carbocycles. The first kappa shape index (κ1) is 15.8. The summed E-state index contributed by atoms with van der Waals surface area (Å²) in [5, 5.41) is 36.7. The fourth-order valence-corrected chi connectivity index (χ4v) is 3.00. The normalized spacial score (nSPS) is 10.5. The van der Waals surface area contributed by atoms with Crippen LogP contribution in [0.4, 0.5) is 0 Å². The number of benzene rings is 2. The van der Waals surface area contributed by atoms with Gasteiger partial charge in [0.15, 0.2) is 0 Å². The Balaban J connectivity index is 2.42. The second-order valence-electron chi connectivity index (χ2n) is 4.22. The summed E-state index contributed by atoms with van der Waals surface area (Å²) >= 11 is 6.58. The van der Waals surface area contributed by atoms with Gasteiger partial charge in [0, 0.05) is 8.95 Å². The van der Waals surface area contributed by atoms with Crippen LogP contribution in [0.5, 0.6) is 0 Å². The van der Waals surface area contributed by atoms with Crippen molar-refractivity contribution < 1.29 is 20.1 Å². The highest BCUT2D eigenvalue weighted by Crippen LogP contribution is 2.24. The van der Waals surface area contributed by atoms with Crippen LogP contribution in [0.1, 0.15) is 0 Å². The molecule has 0 radical (unpaired) electrons. The summed E-state index contributed by atoms with van der Waals surface area (Å²) in [6.45, 7) is 0. The lowest BCUT2D eigenvalue weighted by atomic mass is 9.78. The molecule has 0 fully saturated rings. The molecule has 0 aliphatic rings. The molecule has 4 N–H and O–H groups in total. The predicted molar refractivity (Wildman–Crippen MR) is 86.9 cm³/mol. The Bertz CT molecular complexity index is 579. The predicted octanol–water partition coefficient (Wildman–Crippen LogP) is 0.238. The zero-order valence-corrected chi connectivity index (χ0v) is 13.3. The van der Waals surface area contributed by atoms with E-state index < -0.39 is 14.2 Å². The number of hydrogen-bond donors (Lipinski definition) is 4. The summed E-state index contributed by atoms with van der Waals surface area (Å²) in [6.07, 6.45) is 0. The van der Waals surface area contributed by atoms with E-state index >= 15 is 0 Å². The van der Waals surface area contributed by atoms with Gasteiger partial charge in [-0.15, -0.1) is 0 Å². The minimum Gasteiger partial charge on any atom is -0.423 e. The van der Waals surface area contributed by atoms with E-state index in [1.54, 1.807) is 36.4 Å². The van der Waals surface area contributed by atoms with Crippen molar-refractivity contribution in [3.63, 3.8) is 0 Å². The van der Waals surface area contributed by atoms with Crippen LogP contribution < -0.4 is 10.9 Å². The summed E-state index contributed by atoms with van der Waals surface area (Å²) in [6, 6.07) is 10.3. The smallest absolute Gasteiger partial charge is 0.423 e. The van der Waals surface area contributed by atoms with Gasteiger partial charge in [0.1, 0.15) is 0 Å². The van der Waals surface area contributed by atoms with Crippen LogP contribution in [0.15, 0.2) is 45.3 Å². The summed E-state index contributed by atoms with van der Waals surface area (Å²) in [4.78, 5) is 0. The molecule has 0 aromatic heterocycles. The lowest BCUT2D eigenvalue weighted by Crippen LogP contribution is -2.31. The van der Waals surface area contributed by atoms with E-state index in [0.717, 1.165) is 11.1 Å². The van der Waals surface area contributed by atoms with E-state index in [4.69, 9.17) is 0 Å².